The number of allylic oxidation sites excluding steroid dienone is 1. The average Bonchev–Trinajstić information content (AvgIpc) is 2.71. The summed E-state index contributed by atoms with van der Waals surface area (Å²) in [5, 5.41) is 0.973. The largest absolute Gasteiger partial charge is 0.360 e. The first-order valence-electron chi connectivity index (χ1n) is 5.19. The van der Waals surface area contributed by atoms with Gasteiger partial charge in [0.1, 0.15) is 0 Å². The highest BCUT2D eigenvalue weighted by Crippen LogP contribution is 2.19. The molecular weight excluding hydrogens is 218 g/mol. The lowest BCUT2D eigenvalue weighted by Gasteiger charge is -1.95. The fourth-order valence-corrected chi connectivity index (χ4v) is 1.81. The smallest absolute Gasteiger partial charge is 0.152 e. The van der Waals surface area contributed by atoms with Gasteiger partial charge in [-0.05, 0) is 23.8 Å². The molecule has 2 nitrogen and oxygen atoms in total. The van der Waals surface area contributed by atoms with Crippen LogP contribution in [0.1, 0.15) is 22.3 Å². The molecule has 1 aromatic carbocycles. The average molecular weight is 231 g/mol. The quantitative estimate of drug-likeness (QED) is 0.614. The van der Waals surface area contributed by atoms with Gasteiger partial charge in [-0.2, -0.15) is 12.6 Å². The van der Waals surface area contributed by atoms with Crippen molar-refractivity contribution in [2.45, 2.75) is 6.42 Å². The van der Waals surface area contributed by atoms with Crippen LogP contribution in [0.15, 0.2) is 30.5 Å². The van der Waals surface area contributed by atoms with Crippen molar-refractivity contribution in [3.8, 4) is 0 Å². The van der Waals surface area contributed by atoms with E-state index in [0.29, 0.717) is 5.56 Å². The van der Waals surface area contributed by atoms with Crippen molar-refractivity contribution in [3.63, 3.8) is 0 Å². The molecule has 0 saturated heterocycles. The molecule has 0 radical (unpaired) electrons. The minimum Gasteiger partial charge on any atom is -0.360 e. The highest BCUT2D eigenvalue weighted by atomic mass is 32.1. The molecule has 0 atom stereocenters. The molecule has 16 heavy (non-hydrogen) atoms. The van der Waals surface area contributed by atoms with Crippen LogP contribution in [0, 0.1) is 0 Å². The van der Waals surface area contributed by atoms with Gasteiger partial charge in [0.25, 0.3) is 0 Å². The molecule has 0 fully saturated rings. The number of aromatic nitrogens is 1. The first-order valence-corrected chi connectivity index (χ1v) is 5.82. The molecule has 1 heterocycles. The number of carbonyl (C=O) groups is 1. The topological polar surface area (TPSA) is 32.9 Å². The lowest BCUT2D eigenvalue weighted by atomic mass is 10.1. The zero-order valence-electron chi connectivity index (χ0n) is 8.81. The Bertz CT molecular complexity index is 528. The van der Waals surface area contributed by atoms with Crippen LogP contribution in [0.3, 0.4) is 0 Å². The van der Waals surface area contributed by atoms with Gasteiger partial charge in [0.15, 0.2) is 6.29 Å². The fraction of sp³-hybridized carbons (Fsp3) is 0.154. The second-order valence-electron chi connectivity index (χ2n) is 3.58. The van der Waals surface area contributed by atoms with Gasteiger partial charge in [-0.15, -0.1) is 0 Å². The predicted molar refractivity (Wildman–Crippen MR) is 71.2 cm³/mol. The molecular formula is C13H13NOS. The molecule has 0 aliphatic rings. The summed E-state index contributed by atoms with van der Waals surface area (Å²) >= 11 is 4.15. The molecule has 0 bridgehead atoms. The third kappa shape index (κ3) is 2.19. The van der Waals surface area contributed by atoms with E-state index in [2.05, 4.69) is 29.8 Å². The summed E-state index contributed by atoms with van der Waals surface area (Å²) < 4.78 is 0. The van der Waals surface area contributed by atoms with Gasteiger partial charge in [-0.1, -0.05) is 24.3 Å². The van der Waals surface area contributed by atoms with Gasteiger partial charge in [0.2, 0.25) is 0 Å². The van der Waals surface area contributed by atoms with Crippen LogP contribution in [0.25, 0.3) is 17.0 Å². The summed E-state index contributed by atoms with van der Waals surface area (Å²) in [5.74, 6) is 0.858. The van der Waals surface area contributed by atoms with Crippen LogP contribution in [0.5, 0.6) is 0 Å². The summed E-state index contributed by atoms with van der Waals surface area (Å²) in [7, 11) is 0. The SMILES string of the molecule is O=Cc1c[nH]c2cc(C=CCCS)ccc12. The molecule has 1 aromatic heterocycles. The van der Waals surface area contributed by atoms with Crippen LogP contribution in [0.2, 0.25) is 0 Å². The minimum atomic E-state index is 0.709. The Morgan fingerprint density at radius 2 is 2.25 bits per heavy atom. The molecule has 0 amide bonds. The molecule has 0 saturated carbocycles. The van der Waals surface area contributed by atoms with E-state index >= 15 is 0 Å². The molecule has 0 spiro atoms. The van der Waals surface area contributed by atoms with E-state index in [1.54, 1.807) is 6.20 Å². The number of aldehydes is 1. The first-order chi connectivity index (χ1) is 7.85. The monoisotopic (exact) mass is 231 g/mol. The Morgan fingerprint density at radius 1 is 1.38 bits per heavy atom. The summed E-state index contributed by atoms with van der Waals surface area (Å²) in [6.07, 6.45) is 7.73. The number of hydrogen-bond donors (Lipinski definition) is 2. The predicted octanol–water partition coefficient (Wildman–Crippen LogP) is 3.31. The van der Waals surface area contributed by atoms with E-state index in [1.165, 1.54) is 0 Å². The lowest BCUT2D eigenvalue weighted by molar-refractivity contribution is 0.112. The summed E-state index contributed by atoms with van der Waals surface area (Å²) in [5.41, 5.74) is 2.84. The Kier molecular flexibility index (Phi) is 3.47. The van der Waals surface area contributed by atoms with Crippen molar-refractivity contribution in [3.05, 3.63) is 41.6 Å². The number of thiol groups is 1. The van der Waals surface area contributed by atoms with Gasteiger partial charge in [0, 0.05) is 22.7 Å². The van der Waals surface area contributed by atoms with E-state index in [4.69, 9.17) is 0 Å². The van der Waals surface area contributed by atoms with Gasteiger partial charge in [0.05, 0.1) is 0 Å². The Labute approximate surface area is 99.8 Å². The van der Waals surface area contributed by atoms with Crippen LogP contribution < -0.4 is 0 Å². The number of benzene rings is 1. The second kappa shape index (κ2) is 5.03. The van der Waals surface area contributed by atoms with Crippen molar-refractivity contribution in [2.24, 2.45) is 0 Å². The Morgan fingerprint density at radius 3 is 3.00 bits per heavy atom. The maximum Gasteiger partial charge on any atom is 0.152 e. The molecule has 0 aliphatic carbocycles. The molecule has 82 valence electrons. The maximum absolute atomic E-state index is 10.7. The molecule has 2 aromatic rings. The number of H-pyrrole nitrogens is 1. The fourth-order valence-electron chi connectivity index (χ4n) is 1.66. The maximum atomic E-state index is 10.7. The van der Waals surface area contributed by atoms with E-state index in [0.717, 1.165) is 34.9 Å². The number of carbonyl (C=O) groups excluding carboxylic acids is 1. The van der Waals surface area contributed by atoms with Crippen molar-refractivity contribution in [2.75, 3.05) is 5.75 Å². The number of fused-ring (bicyclic) bond motifs is 1. The number of hydrogen-bond acceptors (Lipinski definition) is 2. The third-order valence-corrected chi connectivity index (χ3v) is 2.73. The van der Waals surface area contributed by atoms with E-state index in [9.17, 15) is 4.79 Å². The van der Waals surface area contributed by atoms with Crippen LogP contribution in [0.4, 0.5) is 0 Å². The van der Waals surface area contributed by atoms with Crippen LogP contribution in [-0.2, 0) is 0 Å². The highest BCUT2D eigenvalue weighted by Gasteiger charge is 2.01. The number of rotatable bonds is 4. The number of aromatic amines is 1. The van der Waals surface area contributed by atoms with Crippen molar-refractivity contribution in [1.82, 2.24) is 4.98 Å². The van der Waals surface area contributed by atoms with Crippen molar-refractivity contribution in [1.29, 1.82) is 0 Å². The zero-order chi connectivity index (χ0) is 11.4. The Balaban J connectivity index is 2.34. The van der Waals surface area contributed by atoms with Crippen molar-refractivity contribution >= 4 is 35.9 Å². The van der Waals surface area contributed by atoms with Gasteiger partial charge < -0.3 is 4.98 Å². The third-order valence-electron chi connectivity index (χ3n) is 2.47. The standard InChI is InChI=1S/C13H13NOS/c15-9-11-8-14-13-7-10(3-1-2-6-16)4-5-12(11)13/h1,3-5,7-9,14,16H,2,6H2. The normalized spacial score (nSPS) is 11.3. The second-order valence-corrected chi connectivity index (χ2v) is 4.03. The number of nitrogens with one attached hydrogen (secondary N) is 1. The molecule has 2 rings (SSSR count). The van der Waals surface area contributed by atoms with Gasteiger partial charge in [-0.25, -0.2) is 0 Å². The zero-order valence-corrected chi connectivity index (χ0v) is 9.71. The van der Waals surface area contributed by atoms with Gasteiger partial charge in [-0.3, -0.25) is 4.79 Å². The van der Waals surface area contributed by atoms with Crippen LogP contribution >= 0.6 is 12.6 Å². The molecule has 0 unspecified atom stereocenters. The van der Waals surface area contributed by atoms with Gasteiger partial charge >= 0.3 is 0 Å². The van der Waals surface area contributed by atoms with E-state index < -0.39 is 0 Å². The highest BCUT2D eigenvalue weighted by molar-refractivity contribution is 7.80. The van der Waals surface area contributed by atoms with E-state index in [-0.39, 0.29) is 0 Å². The Hall–Kier alpha value is -1.48. The minimum absolute atomic E-state index is 0.709. The summed E-state index contributed by atoms with van der Waals surface area (Å²) in [6.45, 7) is 0. The molecule has 3 heteroatoms. The summed E-state index contributed by atoms with van der Waals surface area (Å²) in [6, 6.07) is 6.02. The van der Waals surface area contributed by atoms with Crippen molar-refractivity contribution < 1.29 is 4.79 Å². The summed E-state index contributed by atoms with van der Waals surface area (Å²) in [4.78, 5) is 13.8. The molecule has 1 N–H and O–H groups in total. The van der Waals surface area contributed by atoms with Crippen LogP contribution in [-0.4, -0.2) is 17.0 Å². The molecule has 0 aliphatic heterocycles. The van der Waals surface area contributed by atoms with E-state index in [1.807, 2.05) is 18.2 Å². The lowest BCUT2D eigenvalue weighted by Crippen LogP contribution is -1.76. The first kappa shape index (κ1) is 11.0.